The first-order valence-electron chi connectivity index (χ1n) is 10.4. The molecule has 9 nitrogen and oxygen atoms in total. The zero-order chi connectivity index (χ0) is 25.4. The van der Waals surface area contributed by atoms with Gasteiger partial charge < -0.3 is 30.0 Å². The van der Waals surface area contributed by atoms with E-state index >= 15 is 0 Å². The van der Waals surface area contributed by atoms with Crippen LogP contribution >= 0.6 is 0 Å². The van der Waals surface area contributed by atoms with Crippen LogP contribution < -0.4 is 20.1 Å². The predicted molar refractivity (Wildman–Crippen MR) is 122 cm³/mol. The Balaban J connectivity index is 2.01. The molecule has 2 aromatic carbocycles. The Morgan fingerprint density at radius 2 is 1.89 bits per heavy atom. The second-order valence-electron chi connectivity index (χ2n) is 7.07. The van der Waals surface area contributed by atoms with Crippen LogP contribution in [0.2, 0.25) is 0 Å². The van der Waals surface area contributed by atoms with Crippen molar-refractivity contribution in [3.63, 3.8) is 0 Å². The molecule has 35 heavy (non-hydrogen) atoms. The summed E-state index contributed by atoms with van der Waals surface area (Å²) in [7, 11) is 2.72. The minimum atomic E-state index is -4.84. The SMILES string of the molecule is COC(=O)c1ccc(OC)c(Nc2cc(-c3cccc(OC(F)(F)F)c3)nc(NCCCO)n2)c1. The quantitative estimate of drug-likeness (QED) is 0.280. The molecule has 0 atom stereocenters. The van der Waals surface area contributed by atoms with Crippen LogP contribution in [0.5, 0.6) is 11.5 Å². The number of esters is 1. The lowest BCUT2D eigenvalue weighted by Crippen LogP contribution is -2.17. The van der Waals surface area contributed by atoms with Gasteiger partial charge in [0, 0.05) is 24.8 Å². The molecule has 0 bridgehead atoms. The van der Waals surface area contributed by atoms with Gasteiger partial charge in [-0.2, -0.15) is 4.98 Å². The number of aliphatic hydroxyl groups excluding tert-OH is 1. The van der Waals surface area contributed by atoms with E-state index in [1.54, 1.807) is 12.1 Å². The number of nitrogens with zero attached hydrogens (tertiary/aromatic N) is 2. The summed E-state index contributed by atoms with van der Waals surface area (Å²) in [6, 6.07) is 11.5. The predicted octanol–water partition coefficient (Wildman–Crippen LogP) is 4.38. The maximum atomic E-state index is 12.7. The number of aliphatic hydroxyl groups is 1. The molecule has 3 rings (SSSR count). The monoisotopic (exact) mass is 492 g/mol. The first kappa shape index (κ1) is 25.6. The lowest BCUT2D eigenvalue weighted by molar-refractivity contribution is -0.274. The van der Waals surface area contributed by atoms with Crippen molar-refractivity contribution in [3.8, 4) is 22.8 Å². The van der Waals surface area contributed by atoms with Gasteiger partial charge in [0.2, 0.25) is 5.95 Å². The smallest absolute Gasteiger partial charge is 0.495 e. The summed E-state index contributed by atoms with van der Waals surface area (Å²) in [5.41, 5.74) is 1.31. The molecular formula is C23H23F3N4O5. The Kier molecular flexibility index (Phi) is 8.31. The second-order valence-corrected chi connectivity index (χ2v) is 7.07. The molecular weight excluding hydrogens is 469 g/mol. The number of carbonyl (C=O) groups is 1. The fraction of sp³-hybridized carbons (Fsp3) is 0.261. The topological polar surface area (TPSA) is 115 Å². The molecule has 0 aliphatic heterocycles. The highest BCUT2D eigenvalue weighted by atomic mass is 19.4. The maximum Gasteiger partial charge on any atom is 0.573 e. The Hall–Kier alpha value is -4.06. The molecule has 0 aliphatic rings. The average Bonchev–Trinajstić information content (AvgIpc) is 2.82. The number of aromatic nitrogens is 2. The second kappa shape index (κ2) is 11.4. The number of carbonyl (C=O) groups excluding carboxylic acids is 1. The maximum absolute atomic E-state index is 12.7. The van der Waals surface area contributed by atoms with Crippen LogP contribution in [0.15, 0.2) is 48.5 Å². The Morgan fingerprint density at radius 1 is 1.09 bits per heavy atom. The zero-order valence-corrected chi connectivity index (χ0v) is 18.8. The van der Waals surface area contributed by atoms with Crippen molar-refractivity contribution in [2.75, 3.05) is 38.0 Å². The minimum absolute atomic E-state index is 0.0495. The van der Waals surface area contributed by atoms with Gasteiger partial charge in [0.05, 0.1) is 31.2 Å². The third kappa shape index (κ3) is 7.21. The first-order valence-corrected chi connectivity index (χ1v) is 10.4. The van der Waals surface area contributed by atoms with Crippen molar-refractivity contribution in [1.82, 2.24) is 9.97 Å². The van der Waals surface area contributed by atoms with E-state index in [1.165, 1.54) is 50.6 Å². The van der Waals surface area contributed by atoms with Gasteiger partial charge in [-0.25, -0.2) is 9.78 Å². The largest absolute Gasteiger partial charge is 0.573 e. The van der Waals surface area contributed by atoms with Gasteiger partial charge in [-0.15, -0.1) is 13.2 Å². The van der Waals surface area contributed by atoms with Crippen LogP contribution in [-0.2, 0) is 4.74 Å². The highest BCUT2D eigenvalue weighted by Gasteiger charge is 2.31. The molecule has 0 radical (unpaired) electrons. The Labute approximate surface area is 198 Å². The number of hydrogen-bond acceptors (Lipinski definition) is 9. The molecule has 1 heterocycles. The molecule has 12 heteroatoms. The number of hydrogen-bond donors (Lipinski definition) is 3. The standard InChI is InChI=1S/C23H23F3N4O5/c1-33-19-8-7-15(21(32)34-2)12-18(19)28-20-13-17(29-22(30-20)27-9-4-10-31)14-5-3-6-16(11-14)35-23(24,25)26/h3,5-8,11-13,31H,4,9-10H2,1-2H3,(H2,27,28,29,30). The molecule has 3 aromatic rings. The summed E-state index contributed by atoms with van der Waals surface area (Å²) < 4.78 is 52.1. The molecule has 3 N–H and O–H groups in total. The van der Waals surface area contributed by atoms with Gasteiger partial charge in [0.1, 0.15) is 17.3 Å². The van der Waals surface area contributed by atoms with Crippen LogP contribution in [0.4, 0.5) is 30.6 Å². The fourth-order valence-corrected chi connectivity index (χ4v) is 3.06. The van der Waals surface area contributed by atoms with Crippen LogP contribution in [0, 0.1) is 0 Å². The molecule has 0 saturated heterocycles. The average molecular weight is 492 g/mol. The number of benzene rings is 2. The van der Waals surface area contributed by atoms with Crippen molar-refractivity contribution in [1.29, 1.82) is 0 Å². The van der Waals surface area contributed by atoms with Crippen LogP contribution in [-0.4, -0.2) is 54.8 Å². The summed E-state index contributed by atoms with van der Waals surface area (Å²) in [5, 5.41) is 15.1. The molecule has 0 unspecified atom stereocenters. The lowest BCUT2D eigenvalue weighted by atomic mass is 10.1. The van der Waals surface area contributed by atoms with Crippen molar-refractivity contribution < 1.29 is 37.3 Å². The molecule has 1 aromatic heterocycles. The van der Waals surface area contributed by atoms with Crippen LogP contribution in [0.3, 0.4) is 0 Å². The van der Waals surface area contributed by atoms with E-state index in [0.717, 1.165) is 0 Å². The van der Waals surface area contributed by atoms with Crippen LogP contribution in [0.1, 0.15) is 16.8 Å². The van der Waals surface area contributed by atoms with Crippen LogP contribution in [0.25, 0.3) is 11.3 Å². The van der Waals surface area contributed by atoms with E-state index in [1.807, 2.05) is 0 Å². The fourth-order valence-electron chi connectivity index (χ4n) is 3.06. The van der Waals surface area contributed by atoms with Gasteiger partial charge in [-0.05, 0) is 36.8 Å². The number of methoxy groups -OCH3 is 2. The number of halogens is 3. The Morgan fingerprint density at radius 3 is 2.57 bits per heavy atom. The summed E-state index contributed by atoms with van der Waals surface area (Å²) in [5.74, 6) is -0.0990. The summed E-state index contributed by atoms with van der Waals surface area (Å²) >= 11 is 0. The highest BCUT2D eigenvalue weighted by Crippen LogP contribution is 2.32. The minimum Gasteiger partial charge on any atom is -0.495 e. The van der Waals surface area contributed by atoms with Crippen molar-refractivity contribution in [2.24, 2.45) is 0 Å². The molecule has 0 amide bonds. The number of nitrogens with one attached hydrogen (secondary N) is 2. The molecule has 0 spiro atoms. The van der Waals surface area contributed by atoms with E-state index in [9.17, 15) is 18.0 Å². The third-order valence-electron chi connectivity index (χ3n) is 4.59. The Bertz CT molecular complexity index is 1170. The summed E-state index contributed by atoms with van der Waals surface area (Å²) in [6.45, 7) is 0.309. The van der Waals surface area contributed by atoms with Gasteiger partial charge in [-0.3, -0.25) is 0 Å². The van der Waals surface area contributed by atoms with E-state index in [0.29, 0.717) is 35.7 Å². The van der Waals surface area contributed by atoms with E-state index in [-0.39, 0.29) is 23.9 Å². The lowest BCUT2D eigenvalue weighted by Gasteiger charge is -2.15. The summed E-state index contributed by atoms with van der Waals surface area (Å²) in [4.78, 5) is 20.7. The normalized spacial score (nSPS) is 11.0. The molecule has 186 valence electrons. The zero-order valence-electron chi connectivity index (χ0n) is 18.8. The van der Waals surface area contributed by atoms with Crippen molar-refractivity contribution >= 4 is 23.4 Å². The van der Waals surface area contributed by atoms with Gasteiger partial charge in [-0.1, -0.05) is 12.1 Å². The summed E-state index contributed by atoms with van der Waals surface area (Å²) in [6.07, 6.45) is -4.41. The first-order chi connectivity index (χ1) is 16.7. The van der Waals surface area contributed by atoms with Gasteiger partial charge >= 0.3 is 12.3 Å². The van der Waals surface area contributed by atoms with Gasteiger partial charge in [0.25, 0.3) is 0 Å². The molecule has 0 fully saturated rings. The highest BCUT2D eigenvalue weighted by molar-refractivity contribution is 5.91. The molecule has 0 saturated carbocycles. The third-order valence-corrected chi connectivity index (χ3v) is 4.59. The van der Waals surface area contributed by atoms with E-state index < -0.39 is 18.1 Å². The number of ether oxygens (including phenoxy) is 3. The van der Waals surface area contributed by atoms with E-state index in [4.69, 9.17) is 14.6 Å². The van der Waals surface area contributed by atoms with E-state index in [2.05, 4.69) is 25.3 Å². The number of rotatable bonds is 10. The number of alkyl halides is 3. The van der Waals surface area contributed by atoms with Crippen molar-refractivity contribution in [2.45, 2.75) is 12.8 Å². The molecule has 0 aliphatic carbocycles. The number of anilines is 3. The van der Waals surface area contributed by atoms with Gasteiger partial charge in [0.15, 0.2) is 0 Å². The van der Waals surface area contributed by atoms with Crippen molar-refractivity contribution in [3.05, 3.63) is 54.1 Å².